The highest BCUT2D eigenvalue weighted by Gasteiger charge is 2.21. The molecular weight excluding hydrogens is 314 g/mol. The van der Waals surface area contributed by atoms with Crippen LogP contribution in [-0.4, -0.2) is 61.3 Å². The number of likely N-dealkylation sites (N-methyl/N-ethyl adjacent to an activating group) is 1. The number of hydrogen-bond donors (Lipinski definition) is 1. The van der Waals surface area contributed by atoms with Crippen LogP contribution in [0.1, 0.15) is 19.3 Å². The van der Waals surface area contributed by atoms with Gasteiger partial charge in [-0.05, 0) is 12.8 Å². The molecule has 0 radical (unpaired) electrons. The molecule has 0 aliphatic heterocycles. The highest BCUT2D eigenvalue weighted by atomic mass is 16.5. The van der Waals surface area contributed by atoms with Crippen LogP contribution in [0.2, 0.25) is 0 Å². The van der Waals surface area contributed by atoms with E-state index < -0.39 is 24.0 Å². The Hall–Kier alpha value is -2.41. The van der Waals surface area contributed by atoms with Crippen LogP contribution in [0.5, 0.6) is 0 Å². The fourth-order valence-corrected chi connectivity index (χ4v) is 1.83. The van der Waals surface area contributed by atoms with Crippen molar-refractivity contribution >= 4 is 17.9 Å². The van der Waals surface area contributed by atoms with E-state index in [2.05, 4.69) is 0 Å². The van der Waals surface area contributed by atoms with Crippen LogP contribution in [0.4, 0.5) is 0 Å². The van der Waals surface area contributed by atoms with E-state index in [1.807, 2.05) is 21.1 Å². The lowest BCUT2D eigenvalue weighted by Gasteiger charge is -2.29. The van der Waals surface area contributed by atoms with E-state index in [0.717, 1.165) is 6.08 Å². The largest absolute Gasteiger partial charge is 0.550 e. The van der Waals surface area contributed by atoms with E-state index in [-0.39, 0.29) is 6.42 Å². The highest BCUT2D eigenvalue weighted by molar-refractivity contribution is 5.82. The number of rotatable bonds is 11. The number of nitrogens with zero attached hydrogens (tertiary/aromatic N) is 1. The van der Waals surface area contributed by atoms with E-state index >= 15 is 0 Å². The van der Waals surface area contributed by atoms with Crippen molar-refractivity contribution in [2.75, 3.05) is 27.7 Å². The first-order valence-corrected chi connectivity index (χ1v) is 7.52. The molecule has 7 nitrogen and oxygen atoms in total. The Morgan fingerprint density at radius 3 is 2.04 bits per heavy atom. The summed E-state index contributed by atoms with van der Waals surface area (Å²) in [6.45, 7) is 0.364. The SMILES string of the molecule is C[N+](C)(C)CC(CC(=O)[O-])OC(=O)/C=C/C/C=C/C/C=C/C(=O)O. The van der Waals surface area contributed by atoms with E-state index in [9.17, 15) is 19.5 Å². The summed E-state index contributed by atoms with van der Waals surface area (Å²) in [5, 5.41) is 19.1. The number of ether oxygens (including phenoxy) is 1. The topological polar surface area (TPSA) is 104 Å². The zero-order valence-electron chi connectivity index (χ0n) is 14.3. The Morgan fingerprint density at radius 2 is 1.58 bits per heavy atom. The maximum Gasteiger partial charge on any atom is 0.330 e. The molecule has 1 unspecified atom stereocenters. The maximum absolute atomic E-state index is 11.7. The summed E-state index contributed by atoms with van der Waals surface area (Å²) in [4.78, 5) is 32.7. The van der Waals surface area contributed by atoms with E-state index in [0.29, 0.717) is 23.9 Å². The van der Waals surface area contributed by atoms with Crippen molar-refractivity contribution in [3.05, 3.63) is 36.5 Å². The molecule has 0 saturated carbocycles. The second kappa shape index (κ2) is 11.2. The van der Waals surface area contributed by atoms with Crippen LogP contribution in [0.3, 0.4) is 0 Å². The number of aliphatic carboxylic acids is 2. The monoisotopic (exact) mass is 339 g/mol. The predicted octanol–water partition coefficient (Wildman–Crippen LogP) is 0.278. The Bertz CT molecular complexity index is 514. The first-order chi connectivity index (χ1) is 11.1. The molecule has 0 aromatic carbocycles. The van der Waals surface area contributed by atoms with Crippen molar-refractivity contribution in [2.24, 2.45) is 0 Å². The lowest BCUT2D eigenvalue weighted by atomic mass is 10.2. The molecule has 0 saturated heterocycles. The number of quaternary nitrogens is 1. The van der Waals surface area contributed by atoms with Crippen molar-refractivity contribution in [2.45, 2.75) is 25.4 Å². The Labute approximate surface area is 142 Å². The molecule has 0 aromatic rings. The Kier molecular flexibility index (Phi) is 10.1. The fraction of sp³-hybridized carbons (Fsp3) is 0.471. The van der Waals surface area contributed by atoms with Gasteiger partial charge in [0.1, 0.15) is 6.54 Å². The van der Waals surface area contributed by atoms with Gasteiger partial charge >= 0.3 is 11.9 Å². The third-order valence-electron chi connectivity index (χ3n) is 2.65. The number of carboxylic acids is 2. The van der Waals surface area contributed by atoms with Gasteiger partial charge in [-0.3, -0.25) is 0 Å². The van der Waals surface area contributed by atoms with Gasteiger partial charge in [0.15, 0.2) is 6.10 Å². The summed E-state index contributed by atoms with van der Waals surface area (Å²) in [5.41, 5.74) is 0. The van der Waals surface area contributed by atoms with Gasteiger partial charge in [-0.1, -0.05) is 24.3 Å². The van der Waals surface area contributed by atoms with Gasteiger partial charge < -0.3 is 24.2 Å². The zero-order chi connectivity index (χ0) is 18.6. The number of carboxylic acid groups (broad SMARTS) is 2. The summed E-state index contributed by atoms with van der Waals surface area (Å²) in [7, 11) is 5.61. The second-order valence-corrected chi connectivity index (χ2v) is 6.19. The van der Waals surface area contributed by atoms with Gasteiger partial charge in [0, 0.05) is 24.5 Å². The second-order valence-electron chi connectivity index (χ2n) is 6.19. The van der Waals surface area contributed by atoms with Crippen LogP contribution in [0.25, 0.3) is 0 Å². The number of carbonyl (C=O) groups is 3. The van der Waals surface area contributed by atoms with Crippen molar-refractivity contribution in [1.29, 1.82) is 0 Å². The van der Waals surface area contributed by atoms with Crippen LogP contribution >= 0.6 is 0 Å². The number of hydrogen-bond acceptors (Lipinski definition) is 5. The molecule has 0 heterocycles. The summed E-state index contributed by atoms with van der Waals surface area (Å²) in [6.07, 6.45) is 8.82. The molecule has 0 bridgehead atoms. The normalized spacial score (nSPS) is 13.6. The third-order valence-corrected chi connectivity index (χ3v) is 2.65. The summed E-state index contributed by atoms with van der Waals surface area (Å²) >= 11 is 0. The molecule has 0 fully saturated rings. The summed E-state index contributed by atoms with van der Waals surface area (Å²) < 4.78 is 5.61. The average molecular weight is 339 g/mol. The summed E-state index contributed by atoms with van der Waals surface area (Å²) in [6, 6.07) is 0. The summed E-state index contributed by atoms with van der Waals surface area (Å²) in [5.74, 6) is -2.86. The van der Waals surface area contributed by atoms with Gasteiger partial charge in [0.2, 0.25) is 0 Å². The van der Waals surface area contributed by atoms with Crippen molar-refractivity contribution in [3.8, 4) is 0 Å². The smallest absolute Gasteiger partial charge is 0.330 e. The van der Waals surface area contributed by atoms with Crippen molar-refractivity contribution in [3.63, 3.8) is 0 Å². The maximum atomic E-state index is 11.7. The standard InChI is InChI=1S/C17H25NO6/c1-18(2,3)13-14(12-16(21)22)24-17(23)11-9-7-5-4-6-8-10-15(19)20/h4-5,8-11,14H,6-7,12-13H2,1-3H3,(H-,19,20,21,22)/b5-4+,10-8+,11-9+. The van der Waals surface area contributed by atoms with Crippen molar-refractivity contribution in [1.82, 2.24) is 0 Å². The molecule has 0 aromatic heterocycles. The first-order valence-electron chi connectivity index (χ1n) is 7.52. The van der Waals surface area contributed by atoms with Crippen LogP contribution < -0.4 is 5.11 Å². The molecule has 0 aliphatic carbocycles. The molecule has 134 valence electrons. The van der Waals surface area contributed by atoms with Gasteiger partial charge in [0.05, 0.1) is 21.1 Å². The van der Waals surface area contributed by atoms with Crippen LogP contribution in [0.15, 0.2) is 36.5 Å². The molecular formula is C17H25NO6. The van der Waals surface area contributed by atoms with Crippen LogP contribution in [0, 0.1) is 0 Å². The van der Waals surface area contributed by atoms with E-state index in [4.69, 9.17) is 9.84 Å². The zero-order valence-corrected chi connectivity index (χ0v) is 14.3. The van der Waals surface area contributed by atoms with E-state index in [1.54, 1.807) is 18.2 Å². The Morgan fingerprint density at radius 1 is 1.04 bits per heavy atom. The minimum atomic E-state index is -1.26. The number of carbonyl (C=O) groups excluding carboxylic acids is 2. The molecule has 1 atom stereocenters. The lowest BCUT2D eigenvalue weighted by Crippen LogP contribution is -2.45. The number of esters is 1. The van der Waals surface area contributed by atoms with Gasteiger partial charge in [-0.2, -0.15) is 0 Å². The highest BCUT2D eigenvalue weighted by Crippen LogP contribution is 2.05. The quantitative estimate of drug-likeness (QED) is 0.251. The minimum absolute atomic E-state index is 0.342. The lowest BCUT2D eigenvalue weighted by molar-refractivity contribution is -0.873. The number of allylic oxidation sites excluding steroid dienone is 4. The predicted molar refractivity (Wildman–Crippen MR) is 86.7 cm³/mol. The van der Waals surface area contributed by atoms with Crippen LogP contribution in [-0.2, 0) is 19.1 Å². The van der Waals surface area contributed by atoms with Gasteiger partial charge in [-0.15, -0.1) is 0 Å². The molecule has 0 spiro atoms. The first kappa shape index (κ1) is 21.6. The minimum Gasteiger partial charge on any atom is -0.550 e. The van der Waals surface area contributed by atoms with E-state index in [1.165, 1.54) is 12.2 Å². The molecule has 7 heteroatoms. The average Bonchev–Trinajstić information content (AvgIpc) is 2.38. The molecule has 1 N–H and O–H groups in total. The van der Waals surface area contributed by atoms with Gasteiger partial charge in [0.25, 0.3) is 0 Å². The molecule has 0 rings (SSSR count). The molecule has 0 amide bonds. The van der Waals surface area contributed by atoms with Gasteiger partial charge in [-0.25, -0.2) is 9.59 Å². The van der Waals surface area contributed by atoms with Crippen molar-refractivity contribution < 1.29 is 33.8 Å². The molecule has 24 heavy (non-hydrogen) atoms. The third kappa shape index (κ3) is 14.5. The molecule has 0 aliphatic rings. The fourth-order valence-electron chi connectivity index (χ4n) is 1.83. The Balaban J connectivity index is 4.29.